The summed E-state index contributed by atoms with van der Waals surface area (Å²) in [6, 6.07) is 0.242. The number of amides is 1. The number of nitrogens with one attached hydrogen (secondary N) is 1. The average molecular weight is 241 g/mol. The summed E-state index contributed by atoms with van der Waals surface area (Å²) in [7, 11) is 0. The molecule has 1 aliphatic rings. The minimum Gasteiger partial charge on any atom is -0.352 e. The zero-order valence-corrected chi connectivity index (χ0v) is 11.6. The van der Waals surface area contributed by atoms with E-state index in [0.29, 0.717) is 19.0 Å². The Hall–Kier alpha value is -0.610. The Kier molecular flexibility index (Phi) is 4.95. The maximum Gasteiger partial charge on any atom is 0.234 e. The Morgan fingerprint density at radius 1 is 1.47 bits per heavy atom. The fourth-order valence-electron chi connectivity index (χ4n) is 2.10. The Morgan fingerprint density at radius 3 is 2.59 bits per heavy atom. The number of carbonyl (C=O) groups excluding carboxylic acids is 1. The van der Waals surface area contributed by atoms with Crippen LogP contribution in [0, 0.1) is 11.3 Å². The molecule has 1 heterocycles. The van der Waals surface area contributed by atoms with Crippen LogP contribution in [0.2, 0.25) is 0 Å². The van der Waals surface area contributed by atoms with E-state index in [9.17, 15) is 4.79 Å². The second-order valence-corrected chi connectivity index (χ2v) is 6.08. The Bertz CT molecular complexity index is 267. The van der Waals surface area contributed by atoms with Crippen molar-refractivity contribution in [1.29, 1.82) is 0 Å². The first-order valence-corrected chi connectivity index (χ1v) is 6.58. The molecular formula is C13H27N3O. The van der Waals surface area contributed by atoms with E-state index in [0.717, 1.165) is 19.5 Å². The summed E-state index contributed by atoms with van der Waals surface area (Å²) in [5.74, 6) is 0.610. The van der Waals surface area contributed by atoms with Gasteiger partial charge in [-0.15, -0.1) is 0 Å². The molecule has 4 heteroatoms. The van der Waals surface area contributed by atoms with Crippen LogP contribution in [-0.2, 0) is 4.79 Å². The van der Waals surface area contributed by atoms with E-state index in [4.69, 9.17) is 5.73 Å². The maximum absolute atomic E-state index is 11.8. The summed E-state index contributed by atoms with van der Waals surface area (Å²) in [6.45, 7) is 11.6. The van der Waals surface area contributed by atoms with Gasteiger partial charge >= 0.3 is 0 Å². The number of nitrogens with two attached hydrogens (primary N) is 1. The van der Waals surface area contributed by atoms with Crippen molar-refractivity contribution in [1.82, 2.24) is 10.2 Å². The monoisotopic (exact) mass is 241 g/mol. The topological polar surface area (TPSA) is 58.4 Å². The van der Waals surface area contributed by atoms with E-state index in [2.05, 4.69) is 37.9 Å². The van der Waals surface area contributed by atoms with E-state index in [1.54, 1.807) is 0 Å². The number of rotatable bonds is 5. The van der Waals surface area contributed by atoms with Crippen molar-refractivity contribution in [2.45, 2.75) is 40.2 Å². The van der Waals surface area contributed by atoms with Crippen molar-refractivity contribution in [3.8, 4) is 0 Å². The van der Waals surface area contributed by atoms with Crippen molar-refractivity contribution in [3.63, 3.8) is 0 Å². The third-order valence-electron chi connectivity index (χ3n) is 3.89. The summed E-state index contributed by atoms with van der Waals surface area (Å²) < 4.78 is 0. The highest BCUT2D eigenvalue weighted by Crippen LogP contribution is 2.27. The minimum absolute atomic E-state index is 0.132. The van der Waals surface area contributed by atoms with Gasteiger partial charge in [0, 0.05) is 12.6 Å². The highest BCUT2D eigenvalue weighted by atomic mass is 16.2. The zero-order valence-electron chi connectivity index (χ0n) is 11.6. The summed E-state index contributed by atoms with van der Waals surface area (Å²) in [5, 5.41) is 3.04. The van der Waals surface area contributed by atoms with Crippen LogP contribution in [-0.4, -0.2) is 43.0 Å². The number of hydrogen-bond acceptors (Lipinski definition) is 3. The van der Waals surface area contributed by atoms with E-state index in [1.165, 1.54) is 0 Å². The molecular weight excluding hydrogens is 214 g/mol. The molecule has 0 aromatic heterocycles. The van der Waals surface area contributed by atoms with Crippen LogP contribution in [0.15, 0.2) is 0 Å². The number of hydrogen-bond donors (Lipinski definition) is 2. The van der Waals surface area contributed by atoms with Crippen LogP contribution >= 0.6 is 0 Å². The highest BCUT2D eigenvalue weighted by Gasteiger charge is 2.33. The Morgan fingerprint density at radius 2 is 2.12 bits per heavy atom. The number of carbonyl (C=O) groups is 1. The molecule has 1 saturated heterocycles. The lowest BCUT2D eigenvalue weighted by Gasteiger charge is -2.23. The second kappa shape index (κ2) is 5.83. The van der Waals surface area contributed by atoms with E-state index >= 15 is 0 Å². The standard InChI is InChI=1S/C13H27N3O/c1-10(2)11(3)15-12(17)7-16-6-5-13(4,8-14)9-16/h10-11H,5-9,14H2,1-4H3,(H,15,17). The molecule has 4 nitrogen and oxygen atoms in total. The largest absolute Gasteiger partial charge is 0.352 e. The van der Waals surface area contributed by atoms with Gasteiger partial charge < -0.3 is 11.1 Å². The molecule has 2 unspecified atom stereocenters. The first-order chi connectivity index (χ1) is 7.86. The van der Waals surface area contributed by atoms with Crippen molar-refractivity contribution in [2.75, 3.05) is 26.2 Å². The third kappa shape index (κ3) is 4.28. The molecule has 0 spiro atoms. The van der Waals surface area contributed by atoms with Gasteiger partial charge in [-0.25, -0.2) is 0 Å². The lowest BCUT2D eigenvalue weighted by atomic mass is 9.90. The Balaban J connectivity index is 2.34. The van der Waals surface area contributed by atoms with Crippen molar-refractivity contribution >= 4 is 5.91 Å². The van der Waals surface area contributed by atoms with Crippen LogP contribution in [0.3, 0.4) is 0 Å². The van der Waals surface area contributed by atoms with Gasteiger partial charge in [0.15, 0.2) is 0 Å². The molecule has 1 aliphatic heterocycles. The predicted molar refractivity (Wildman–Crippen MR) is 70.7 cm³/mol. The van der Waals surface area contributed by atoms with Crippen LogP contribution in [0.25, 0.3) is 0 Å². The summed E-state index contributed by atoms with van der Waals surface area (Å²) in [5.41, 5.74) is 5.95. The van der Waals surface area contributed by atoms with Crippen molar-refractivity contribution in [3.05, 3.63) is 0 Å². The molecule has 0 aliphatic carbocycles. The molecule has 0 radical (unpaired) electrons. The summed E-state index contributed by atoms with van der Waals surface area (Å²) in [4.78, 5) is 14.0. The summed E-state index contributed by atoms with van der Waals surface area (Å²) >= 11 is 0. The quantitative estimate of drug-likeness (QED) is 0.749. The lowest BCUT2D eigenvalue weighted by Crippen LogP contribution is -2.43. The molecule has 0 aromatic carbocycles. The molecule has 17 heavy (non-hydrogen) atoms. The van der Waals surface area contributed by atoms with Crippen LogP contribution < -0.4 is 11.1 Å². The molecule has 1 fully saturated rings. The minimum atomic E-state index is 0.132. The highest BCUT2D eigenvalue weighted by molar-refractivity contribution is 5.78. The molecule has 1 rings (SSSR count). The average Bonchev–Trinajstić information content (AvgIpc) is 2.60. The molecule has 1 amide bonds. The van der Waals surface area contributed by atoms with Gasteiger partial charge in [0.1, 0.15) is 0 Å². The first-order valence-electron chi connectivity index (χ1n) is 6.58. The van der Waals surface area contributed by atoms with Gasteiger partial charge in [-0.1, -0.05) is 20.8 Å². The number of likely N-dealkylation sites (tertiary alicyclic amines) is 1. The van der Waals surface area contributed by atoms with Gasteiger partial charge in [0.2, 0.25) is 5.91 Å². The Labute approximate surface area is 105 Å². The van der Waals surface area contributed by atoms with Gasteiger partial charge in [-0.3, -0.25) is 9.69 Å². The molecule has 3 N–H and O–H groups in total. The molecule has 0 aromatic rings. The van der Waals surface area contributed by atoms with Crippen LogP contribution in [0.4, 0.5) is 0 Å². The van der Waals surface area contributed by atoms with Gasteiger partial charge in [-0.05, 0) is 37.8 Å². The van der Waals surface area contributed by atoms with Crippen molar-refractivity contribution in [2.24, 2.45) is 17.1 Å². The van der Waals surface area contributed by atoms with Gasteiger partial charge in [-0.2, -0.15) is 0 Å². The summed E-state index contributed by atoms with van der Waals surface area (Å²) in [6.07, 6.45) is 1.09. The van der Waals surface area contributed by atoms with Gasteiger partial charge in [0.25, 0.3) is 0 Å². The molecule has 0 bridgehead atoms. The normalized spacial score (nSPS) is 27.4. The molecule has 0 saturated carbocycles. The van der Waals surface area contributed by atoms with E-state index in [1.807, 2.05) is 0 Å². The van der Waals surface area contributed by atoms with Crippen LogP contribution in [0.1, 0.15) is 34.1 Å². The van der Waals surface area contributed by atoms with E-state index in [-0.39, 0.29) is 17.4 Å². The third-order valence-corrected chi connectivity index (χ3v) is 3.89. The van der Waals surface area contributed by atoms with Crippen molar-refractivity contribution < 1.29 is 4.79 Å². The van der Waals surface area contributed by atoms with Crippen LogP contribution in [0.5, 0.6) is 0 Å². The zero-order chi connectivity index (χ0) is 13.1. The van der Waals surface area contributed by atoms with E-state index < -0.39 is 0 Å². The fourth-order valence-corrected chi connectivity index (χ4v) is 2.10. The lowest BCUT2D eigenvalue weighted by molar-refractivity contribution is -0.122. The first kappa shape index (κ1) is 14.5. The SMILES string of the molecule is CC(C)C(C)NC(=O)CN1CCC(C)(CN)C1. The number of nitrogens with zero attached hydrogens (tertiary/aromatic N) is 1. The molecule has 2 atom stereocenters. The molecule has 100 valence electrons. The van der Waals surface area contributed by atoms with Gasteiger partial charge in [0.05, 0.1) is 6.54 Å². The smallest absolute Gasteiger partial charge is 0.234 e. The second-order valence-electron chi connectivity index (χ2n) is 6.08. The fraction of sp³-hybridized carbons (Fsp3) is 0.923. The maximum atomic E-state index is 11.8. The predicted octanol–water partition coefficient (Wildman–Crippen LogP) is 0.818.